The quantitative estimate of drug-likeness (QED) is 0.0248. The first-order chi connectivity index (χ1) is 36.5. The number of nitrogens with one attached hydrogen (secondary N) is 9. The van der Waals surface area contributed by atoms with E-state index in [2.05, 4.69) is 52.5 Å². The lowest BCUT2D eigenvalue weighted by Gasteiger charge is -2.27. The molecule has 0 saturated heterocycles. The Morgan fingerprint density at radius 2 is 1.19 bits per heavy atom. The highest BCUT2D eigenvalue weighted by Crippen LogP contribution is 2.13. The summed E-state index contributed by atoms with van der Waals surface area (Å²) >= 11 is 0. The van der Waals surface area contributed by atoms with E-state index >= 15 is 0 Å². The van der Waals surface area contributed by atoms with Gasteiger partial charge in [0.2, 0.25) is 53.2 Å². The van der Waals surface area contributed by atoms with Crippen LogP contribution in [0.4, 0.5) is 0 Å². The maximum absolute atomic E-state index is 14.1. The fourth-order valence-electron chi connectivity index (χ4n) is 7.27. The first-order valence-electron chi connectivity index (χ1n) is 24.2. The molecule has 0 unspecified atom stereocenters. The number of aromatic hydroxyl groups is 1. The first-order valence-corrected chi connectivity index (χ1v) is 24.2. The number of hydrogen-bond acceptors (Lipinski definition) is 17. The van der Waals surface area contributed by atoms with Gasteiger partial charge in [0.1, 0.15) is 48.0 Å². The number of rotatable bonds is 34. The molecule has 1 aromatic heterocycles. The van der Waals surface area contributed by atoms with Gasteiger partial charge in [-0.05, 0) is 62.4 Å². The molecule has 9 amide bonds. The molecular formula is C48H67N13O16. The van der Waals surface area contributed by atoms with Crippen LogP contribution in [0.2, 0.25) is 0 Å². The molecule has 29 heteroatoms. The Hall–Kier alpha value is -8.54. The summed E-state index contributed by atoms with van der Waals surface area (Å²) in [5.74, 6) is -12.4. The SMILES string of the molecule is C[C@@H](O)[C@H](NC(=O)[C@H](CCCCN)NC(=O)[C@H](Cc1ccccc1)NC(=O)CNC(=O)[C@H](CC(=O)O)NC(=O)[C@H](Cc1ccc(O)cc1)NC(=O)[C@H](CO)NC(=O)[C@@H](N)CCC(N)=O)C(=O)N[C@@H](Cc1cnc[nH]1)C(=O)O. The van der Waals surface area contributed by atoms with Gasteiger partial charge in [-0.1, -0.05) is 42.5 Å². The van der Waals surface area contributed by atoms with Crippen LogP contribution in [0.15, 0.2) is 67.1 Å². The standard InChI is InChI=1S/C48H67N13O16/c1-25(63)40(47(75)59-35(48(76)77)19-28-21-52-24-54-28)61-43(71)31(9-5-6-16-49)56-44(72)32(17-26-7-3-2-4-8-26)55-38(66)22-53-42(70)34(20-39(67)68)58-45(73)33(18-27-10-12-29(64)13-11-27)57-46(74)36(23-62)60-41(69)30(50)14-15-37(51)65/h2-4,7-8,10-13,21,24-25,30-36,40,62-64H,5-6,9,14-20,22-23,49-50H2,1H3,(H2,51,65)(H,52,54)(H,53,70)(H,55,66)(H,56,72)(H,57,74)(H,58,73)(H,59,75)(H,60,69)(H,61,71)(H,67,68)(H,76,77)/t25-,30+,31+,32+,33+,34+,35+,36+,40+/m1/s1. The number of nitrogens with zero attached hydrogens (tertiary/aromatic N) is 1. The number of carboxylic acid groups (broad SMARTS) is 2. The molecular weight excluding hydrogens is 1010 g/mol. The first kappa shape index (κ1) is 62.8. The van der Waals surface area contributed by atoms with Crippen molar-refractivity contribution >= 4 is 65.1 Å². The Morgan fingerprint density at radius 1 is 0.636 bits per heavy atom. The Morgan fingerprint density at radius 3 is 1.75 bits per heavy atom. The van der Waals surface area contributed by atoms with Gasteiger partial charge in [0.05, 0.1) is 38.0 Å². The van der Waals surface area contributed by atoms with Crippen LogP contribution in [-0.2, 0) is 72.0 Å². The van der Waals surface area contributed by atoms with Crippen molar-refractivity contribution in [1.82, 2.24) is 52.5 Å². The van der Waals surface area contributed by atoms with E-state index in [0.29, 0.717) is 23.2 Å². The summed E-state index contributed by atoms with van der Waals surface area (Å²) in [6, 6.07) is 0.806. The molecule has 0 aliphatic carbocycles. The minimum Gasteiger partial charge on any atom is -0.508 e. The van der Waals surface area contributed by atoms with E-state index in [1.807, 2.05) is 0 Å². The highest BCUT2D eigenvalue weighted by atomic mass is 16.4. The number of unbranched alkanes of at least 4 members (excludes halogenated alkanes) is 1. The topological polar surface area (TPSA) is 492 Å². The Balaban J connectivity index is 1.81. The summed E-state index contributed by atoms with van der Waals surface area (Å²) < 4.78 is 0. The van der Waals surface area contributed by atoms with Crippen LogP contribution >= 0.6 is 0 Å². The molecule has 420 valence electrons. The molecule has 77 heavy (non-hydrogen) atoms. The number of primary amides is 1. The van der Waals surface area contributed by atoms with Gasteiger partial charge in [0, 0.05) is 37.6 Å². The number of aliphatic carboxylic acids is 2. The summed E-state index contributed by atoms with van der Waals surface area (Å²) in [5.41, 5.74) is 17.8. The predicted octanol–water partition coefficient (Wildman–Crippen LogP) is -5.69. The fourth-order valence-corrected chi connectivity index (χ4v) is 7.27. The number of aromatic amines is 1. The normalized spacial score (nSPS) is 14.5. The van der Waals surface area contributed by atoms with Crippen molar-refractivity contribution in [3.63, 3.8) is 0 Å². The van der Waals surface area contributed by atoms with Crippen LogP contribution in [0.3, 0.4) is 0 Å². The molecule has 20 N–H and O–H groups in total. The van der Waals surface area contributed by atoms with Gasteiger partial charge >= 0.3 is 11.9 Å². The maximum atomic E-state index is 14.1. The van der Waals surface area contributed by atoms with Gasteiger partial charge in [-0.25, -0.2) is 9.78 Å². The number of amides is 9. The minimum absolute atomic E-state index is 0.0638. The largest absolute Gasteiger partial charge is 0.508 e. The molecule has 1 heterocycles. The fraction of sp³-hybridized carbons (Fsp3) is 0.458. The summed E-state index contributed by atoms with van der Waals surface area (Å²) in [6.45, 7) is -0.549. The van der Waals surface area contributed by atoms with E-state index in [9.17, 15) is 78.3 Å². The van der Waals surface area contributed by atoms with Gasteiger partial charge in [-0.15, -0.1) is 0 Å². The third-order valence-corrected chi connectivity index (χ3v) is 11.5. The number of carbonyl (C=O) groups is 11. The number of aromatic nitrogens is 2. The summed E-state index contributed by atoms with van der Waals surface area (Å²) in [5, 5.41) is 68.5. The average molecular weight is 1080 g/mol. The zero-order valence-electron chi connectivity index (χ0n) is 41.9. The number of phenols is 1. The van der Waals surface area contributed by atoms with Gasteiger partial charge in [0.15, 0.2) is 0 Å². The molecule has 0 spiro atoms. The third kappa shape index (κ3) is 22.5. The number of nitrogens with two attached hydrogens (primary N) is 3. The van der Waals surface area contributed by atoms with Gasteiger partial charge in [0.25, 0.3) is 0 Å². The van der Waals surface area contributed by atoms with E-state index in [4.69, 9.17) is 17.2 Å². The smallest absolute Gasteiger partial charge is 0.326 e. The van der Waals surface area contributed by atoms with E-state index < -0.39 is 139 Å². The lowest BCUT2D eigenvalue weighted by molar-refractivity contribution is -0.143. The lowest BCUT2D eigenvalue weighted by Crippen LogP contribution is -2.60. The van der Waals surface area contributed by atoms with Gasteiger partial charge in [-0.3, -0.25) is 47.9 Å². The summed E-state index contributed by atoms with van der Waals surface area (Å²) in [6.07, 6.45) is -0.635. The number of aliphatic hydroxyl groups excluding tert-OH is 2. The number of aliphatic hydroxyl groups is 2. The van der Waals surface area contributed by atoms with Crippen LogP contribution in [0, 0.1) is 0 Å². The number of carbonyl (C=O) groups excluding carboxylic acids is 9. The molecule has 29 nitrogen and oxygen atoms in total. The number of imidazole rings is 1. The minimum atomic E-state index is -1.92. The molecule has 0 radical (unpaired) electrons. The molecule has 9 atom stereocenters. The van der Waals surface area contributed by atoms with Crippen LogP contribution in [-0.4, -0.2) is 175 Å². The highest BCUT2D eigenvalue weighted by Gasteiger charge is 2.35. The van der Waals surface area contributed by atoms with Gasteiger partial charge in [-0.2, -0.15) is 0 Å². The number of carboxylic acids is 2. The van der Waals surface area contributed by atoms with Crippen molar-refractivity contribution in [2.24, 2.45) is 17.2 Å². The molecule has 3 aromatic rings. The highest BCUT2D eigenvalue weighted by molar-refractivity contribution is 5.98. The van der Waals surface area contributed by atoms with Crippen LogP contribution in [0.25, 0.3) is 0 Å². The number of H-pyrrole nitrogens is 1. The summed E-state index contributed by atoms with van der Waals surface area (Å²) in [7, 11) is 0. The Bertz CT molecular complexity index is 2480. The zero-order valence-corrected chi connectivity index (χ0v) is 41.9. The van der Waals surface area contributed by atoms with Crippen LogP contribution < -0.4 is 59.7 Å². The monoisotopic (exact) mass is 1080 g/mol. The molecule has 3 rings (SSSR count). The van der Waals surface area contributed by atoms with Crippen molar-refractivity contribution in [2.75, 3.05) is 19.7 Å². The van der Waals surface area contributed by atoms with E-state index in [1.54, 1.807) is 30.3 Å². The van der Waals surface area contributed by atoms with Crippen LogP contribution in [0.5, 0.6) is 5.75 Å². The van der Waals surface area contributed by atoms with Crippen molar-refractivity contribution in [1.29, 1.82) is 0 Å². The molecule has 0 saturated carbocycles. The Kier molecular flexibility index (Phi) is 26.1. The molecule has 0 fully saturated rings. The third-order valence-electron chi connectivity index (χ3n) is 11.5. The van der Waals surface area contributed by atoms with Crippen LogP contribution in [0.1, 0.15) is 62.3 Å². The second-order valence-electron chi connectivity index (χ2n) is 17.7. The summed E-state index contributed by atoms with van der Waals surface area (Å²) in [4.78, 5) is 150. The second kappa shape index (κ2) is 32.0. The van der Waals surface area contributed by atoms with Crippen molar-refractivity contribution in [3.05, 3.63) is 83.9 Å². The second-order valence-corrected chi connectivity index (χ2v) is 17.7. The maximum Gasteiger partial charge on any atom is 0.326 e. The molecule has 0 aliphatic heterocycles. The van der Waals surface area contributed by atoms with Gasteiger partial charge < -0.3 is 90.3 Å². The molecule has 0 aliphatic rings. The molecule has 0 bridgehead atoms. The van der Waals surface area contributed by atoms with Crippen molar-refractivity contribution in [3.8, 4) is 5.75 Å². The number of phenolic OH excluding ortho intramolecular Hbond substituents is 1. The van der Waals surface area contributed by atoms with E-state index in [-0.39, 0.29) is 57.2 Å². The van der Waals surface area contributed by atoms with Crippen molar-refractivity contribution < 1.29 is 78.3 Å². The van der Waals surface area contributed by atoms with E-state index in [1.165, 1.54) is 43.7 Å². The van der Waals surface area contributed by atoms with E-state index in [0.717, 1.165) is 0 Å². The predicted molar refractivity (Wildman–Crippen MR) is 269 cm³/mol. The lowest BCUT2D eigenvalue weighted by atomic mass is 10.0. The molecule has 2 aromatic carbocycles. The Labute approximate surface area is 440 Å². The average Bonchev–Trinajstić information content (AvgIpc) is 3.90. The zero-order chi connectivity index (χ0) is 57.2. The number of benzene rings is 2. The number of hydrogen-bond donors (Lipinski definition) is 17. The van der Waals surface area contributed by atoms with Crippen molar-refractivity contribution in [2.45, 2.75) is 119 Å².